The average Bonchev–Trinajstić information content (AvgIpc) is 2.91. The Morgan fingerprint density at radius 3 is 1.97 bits per heavy atom. The number of carbonyl (C=O) groups is 3. The lowest BCUT2D eigenvalue weighted by molar-refractivity contribution is -0.185. The summed E-state index contributed by atoms with van der Waals surface area (Å²) in [5.74, 6) is -3.07. The molecular formula is C30H30O7. The third kappa shape index (κ3) is 8.44. The molecule has 0 radical (unpaired) electrons. The van der Waals surface area contributed by atoms with E-state index < -0.39 is 42.5 Å². The zero-order chi connectivity index (χ0) is 26.5. The summed E-state index contributed by atoms with van der Waals surface area (Å²) in [6.45, 7) is 3.31. The number of hydrogen-bond donors (Lipinski definition) is 1. The molecule has 0 heterocycles. The maximum atomic E-state index is 13.2. The highest BCUT2D eigenvalue weighted by Crippen LogP contribution is 2.29. The van der Waals surface area contributed by atoms with E-state index in [9.17, 15) is 19.5 Å². The van der Waals surface area contributed by atoms with Crippen LogP contribution in [0.4, 0.5) is 0 Å². The van der Waals surface area contributed by atoms with Crippen LogP contribution >= 0.6 is 0 Å². The molecule has 3 rings (SSSR count). The van der Waals surface area contributed by atoms with Gasteiger partial charge in [0.25, 0.3) is 0 Å². The molecule has 0 aromatic heterocycles. The van der Waals surface area contributed by atoms with Gasteiger partial charge in [-0.2, -0.15) is 0 Å². The van der Waals surface area contributed by atoms with Crippen LogP contribution in [0.25, 0.3) is 0 Å². The van der Waals surface area contributed by atoms with E-state index in [1.54, 1.807) is 24.3 Å². The third-order valence-electron chi connectivity index (χ3n) is 5.64. The molecule has 0 saturated heterocycles. The van der Waals surface area contributed by atoms with Crippen LogP contribution in [0.3, 0.4) is 0 Å². The zero-order valence-corrected chi connectivity index (χ0v) is 20.5. The molecule has 0 aliphatic rings. The molecule has 0 spiro atoms. The number of aliphatic carboxylic acids is 1. The van der Waals surface area contributed by atoms with Crippen LogP contribution in [0.1, 0.15) is 35.6 Å². The Hall–Kier alpha value is -4.23. The highest BCUT2D eigenvalue weighted by atomic mass is 16.6. The minimum Gasteiger partial charge on any atom is -0.481 e. The largest absolute Gasteiger partial charge is 0.481 e. The van der Waals surface area contributed by atoms with Crippen molar-refractivity contribution in [2.45, 2.75) is 37.6 Å². The summed E-state index contributed by atoms with van der Waals surface area (Å²) in [5, 5.41) is 9.58. The Labute approximate surface area is 216 Å². The second-order valence-electron chi connectivity index (χ2n) is 8.48. The lowest BCUT2D eigenvalue weighted by atomic mass is 9.94. The maximum absolute atomic E-state index is 13.2. The van der Waals surface area contributed by atoms with Crippen LogP contribution in [0.2, 0.25) is 0 Å². The van der Waals surface area contributed by atoms with Gasteiger partial charge in [-0.25, -0.2) is 4.79 Å². The summed E-state index contributed by atoms with van der Waals surface area (Å²) in [6.07, 6.45) is -0.307. The summed E-state index contributed by atoms with van der Waals surface area (Å²) < 4.78 is 16.9. The number of rotatable bonds is 14. The van der Waals surface area contributed by atoms with Gasteiger partial charge in [0.1, 0.15) is 12.7 Å². The average molecular weight is 503 g/mol. The Morgan fingerprint density at radius 2 is 1.41 bits per heavy atom. The second kappa shape index (κ2) is 13.8. The topological polar surface area (TPSA) is 99.1 Å². The summed E-state index contributed by atoms with van der Waals surface area (Å²) >= 11 is 0. The van der Waals surface area contributed by atoms with Gasteiger partial charge in [-0.05, 0) is 16.7 Å². The molecule has 3 aromatic rings. The van der Waals surface area contributed by atoms with Crippen LogP contribution in [-0.2, 0) is 41.6 Å². The van der Waals surface area contributed by atoms with Gasteiger partial charge in [0, 0.05) is 6.42 Å². The van der Waals surface area contributed by atoms with Gasteiger partial charge in [0.2, 0.25) is 0 Å². The Morgan fingerprint density at radius 1 is 0.838 bits per heavy atom. The minimum atomic E-state index is -2.08. The van der Waals surface area contributed by atoms with Gasteiger partial charge in [0.15, 0.2) is 5.60 Å². The molecule has 0 amide bonds. The first kappa shape index (κ1) is 27.4. The smallest absolute Gasteiger partial charge is 0.339 e. The van der Waals surface area contributed by atoms with Crippen molar-refractivity contribution in [2.24, 2.45) is 0 Å². The van der Waals surface area contributed by atoms with E-state index in [0.717, 1.165) is 11.1 Å². The quantitative estimate of drug-likeness (QED) is 0.243. The molecule has 0 aliphatic carbocycles. The standard InChI is InChI=1S/C30H30O7/c1-2-18-36-30(20-27(31)32,29(34)35-22-24-14-8-4-9-15-24)21-28(33)37-26(25-16-10-5-11-17-25)19-23-12-6-3-7-13-23/h2-17,26H,1,18-22H2,(H,31,32). The molecule has 7 nitrogen and oxygen atoms in total. The highest BCUT2D eigenvalue weighted by molar-refractivity contribution is 5.90. The van der Waals surface area contributed by atoms with E-state index in [4.69, 9.17) is 14.2 Å². The van der Waals surface area contributed by atoms with Gasteiger partial charge in [-0.1, -0.05) is 97.1 Å². The molecule has 192 valence electrons. The van der Waals surface area contributed by atoms with Crippen molar-refractivity contribution in [3.05, 3.63) is 120 Å². The van der Waals surface area contributed by atoms with Crippen molar-refractivity contribution in [1.82, 2.24) is 0 Å². The third-order valence-corrected chi connectivity index (χ3v) is 5.64. The fourth-order valence-corrected chi connectivity index (χ4v) is 3.84. The molecular weight excluding hydrogens is 472 g/mol. The van der Waals surface area contributed by atoms with Crippen LogP contribution in [-0.4, -0.2) is 35.2 Å². The number of carboxylic acids is 1. The number of carbonyl (C=O) groups excluding carboxylic acids is 2. The van der Waals surface area contributed by atoms with Gasteiger partial charge < -0.3 is 19.3 Å². The first-order chi connectivity index (χ1) is 17.9. The van der Waals surface area contributed by atoms with E-state index in [0.29, 0.717) is 12.0 Å². The Bertz CT molecular complexity index is 1160. The first-order valence-electron chi connectivity index (χ1n) is 11.9. The second-order valence-corrected chi connectivity index (χ2v) is 8.48. The zero-order valence-electron chi connectivity index (χ0n) is 20.5. The molecule has 2 unspecified atom stereocenters. The molecule has 0 aliphatic heterocycles. The van der Waals surface area contributed by atoms with E-state index >= 15 is 0 Å². The van der Waals surface area contributed by atoms with E-state index in [-0.39, 0.29) is 13.2 Å². The SMILES string of the molecule is C=CCOC(CC(=O)O)(CC(=O)OC(Cc1ccccc1)c1ccccc1)C(=O)OCc1ccccc1. The van der Waals surface area contributed by atoms with Gasteiger partial charge >= 0.3 is 17.9 Å². The van der Waals surface area contributed by atoms with Crippen LogP contribution < -0.4 is 0 Å². The first-order valence-corrected chi connectivity index (χ1v) is 11.9. The molecule has 2 atom stereocenters. The minimum absolute atomic E-state index is 0.103. The van der Waals surface area contributed by atoms with E-state index in [2.05, 4.69) is 6.58 Å². The van der Waals surface area contributed by atoms with Crippen LogP contribution in [0.15, 0.2) is 104 Å². The molecule has 0 saturated carbocycles. The lowest BCUT2D eigenvalue weighted by Gasteiger charge is -2.30. The fraction of sp³-hybridized carbons (Fsp3) is 0.233. The normalized spacial score (nSPS) is 13.1. The number of benzene rings is 3. The summed E-state index contributed by atoms with van der Waals surface area (Å²) in [4.78, 5) is 38.2. The lowest BCUT2D eigenvalue weighted by Crippen LogP contribution is -2.47. The predicted octanol–water partition coefficient (Wildman–Crippen LogP) is 5.06. The number of carboxylic acid groups (broad SMARTS) is 1. The Balaban J connectivity index is 1.83. The molecule has 1 N–H and O–H groups in total. The maximum Gasteiger partial charge on any atom is 0.339 e. The van der Waals surface area contributed by atoms with Crippen molar-refractivity contribution in [3.63, 3.8) is 0 Å². The Kier molecular flexibility index (Phi) is 10.2. The van der Waals surface area contributed by atoms with Gasteiger partial charge in [-0.3, -0.25) is 9.59 Å². The van der Waals surface area contributed by atoms with Gasteiger partial charge in [-0.15, -0.1) is 6.58 Å². The van der Waals surface area contributed by atoms with Crippen molar-refractivity contribution < 1.29 is 33.7 Å². The highest BCUT2D eigenvalue weighted by Gasteiger charge is 2.46. The monoisotopic (exact) mass is 502 g/mol. The molecule has 0 bridgehead atoms. The number of esters is 2. The summed E-state index contributed by atoms with van der Waals surface area (Å²) in [6, 6.07) is 27.7. The van der Waals surface area contributed by atoms with Crippen LogP contribution in [0.5, 0.6) is 0 Å². The van der Waals surface area contributed by atoms with Gasteiger partial charge in [0.05, 0.1) is 19.4 Å². The fourth-order valence-electron chi connectivity index (χ4n) is 3.84. The molecule has 3 aromatic carbocycles. The molecule has 37 heavy (non-hydrogen) atoms. The predicted molar refractivity (Wildman–Crippen MR) is 137 cm³/mol. The summed E-state index contributed by atoms with van der Waals surface area (Å²) in [7, 11) is 0. The van der Waals surface area contributed by atoms with Crippen molar-refractivity contribution in [3.8, 4) is 0 Å². The summed E-state index contributed by atoms with van der Waals surface area (Å²) in [5.41, 5.74) is 0.339. The number of ether oxygens (including phenoxy) is 3. The molecule has 0 fully saturated rings. The molecule has 7 heteroatoms. The van der Waals surface area contributed by atoms with Crippen molar-refractivity contribution >= 4 is 17.9 Å². The van der Waals surface area contributed by atoms with E-state index in [1.807, 2.05) is 66.7 Å². The van der Waals surface area contributed by atoms with E-state index in [1.165, 1.54) is 6.08 Å². The van der Waals surface area contributed by atoms with Crippen molar-refractivity contribution in [2.75, 3.05) is 6.61 Å². The van der Waals surface area contributed by atoms with Crippen LogP contribution in [0, 0.1) is 0 Å². The number of hydrogen-bond acceptors (Lipinski definition) is 6. The van der Waals surface area contributed by atoms with Crippen molar-refractivity contribution in [1.29, 1.82) is 0 Å².